The highest BCUT2D eigenvalue weighted by atomic mass is 35.5. The van der Waals surface area contributed by atoms with Crippen LogP contribution in [-0.4, -0.2) is 76.3 Å². The zero-order valence-corrected chi connectivity index (χ0v) is 26.4. The molecule has 1 fully saturated rings. The van der Waals surface area contributed by atoms with Gasteiger partial charge in [-0.2, -0.15) is 10.1 Å². The molecular weight excluding hydrogens is 578 g/mol. The molecule has 0 amide bonds. The number of halogens is 1. The predicted octanol–water partition coefficient (Wildman–Crippen LogP) is 4.58. The van der Waals surface area contributed by atoms with Crippen molar-refractivity contribution in [3.05, 3.63) is 40.2 Å². The molecule has 1 atom stereocenters. The molecule has 1 aromatic carbocycles. The van der Waals surface area contributed by atoms with Crippen LogP contribution in [0.2, 0.25) is 5.02 Å². The summed E-state index contributed by atoms with van der Waals surface area (Å²) in [5.41, 5.74) is 4.87. The van der Waals surface area contributed by atoms with Crippen LogP contribution in [0.1, 0.15) is 56.2 Å². The third kappa shape index (κ3) is 6.51. The van der Waals surface area contributed by atoms with Crippen LogP contribution in [0.3, 0.4) is 0 Å². The number of fused-ring (bicyclic) bond motifs is 1. The van der Waals surface area contributed by atoms with Crippen molar-refractivity contribution < 1.29 is 18.3 Å². The molecule has 0 aliphatic carbocycles. The highest BCUT2D eigenvalue weighted by Crippen LogP contribution is 2.45. The zero-order chi connectivity index (χ0) is 30.2. The van der Waals surface area contributed by atoms with Gasteiger partial charge < -0.3 is 25.4 Å². The predicted molar refractivity (Wildman–Crippen MR) is 164 cm³/mol. The van der Waals surface area contributed by atoms with Gasteiger partial charge in [-0.25, -0.2) is 13.4 Å². The van der Waals surface area contributed by atoms with E-state index in [1.165, 1.54) is 27.6 Å². The molecule has 42 heavy (non-hydrogen) atoms. The van der Waals surface area contributed by atoms with Gasteiger partial charge in [-0.15, -0.1) is 0 Å². The van der Waals surface area contributed by atoms with Crippen LogP contribution in [0.4, 0.5) is 23.1 Å². The van der Waals surface area contributed by atoms with E-state index in [0.717, 1.165) is 50.3 Å². The molecule has 1 saturated heterocycles. The lowest BCUT2D eigenvalue weighted by atomic mass is 9.82. The maximum absolute atomic E-state index is 13.0. The topological polar surface area (TPSA) is 134 Å². The summed E-state index contributed by atoms with van der Waals surface area (Å²) in [5.74, 6) is 1.75. The summed E-state index contributed by atoms with van der Waals surface area (Å²) >= 11 is 6.45. The molecule has 0 unspecified atom stereocenters. The number of hydrogen-bond acceptors (Lipinski definition) is 10. The number of sulfone groups is 1. The summed E-state index contributed by atoms with van der Waals surface area (Å²) in [5, 5.41) is 20.1. The van der Waals surface area contributed by atoms with Crippen molar-refractivity contribution in [1.82, 2.24) is 24.6 Å². The molecule has 0 radical (unpaired) electrons. The van der Waals surface area contributed by atoms with Gasteiger partial charge in [0.15, 0.2) is 15.7 Å². The van der Waals surface area contributed by atoms with Gasteiger partial charge in [0.25, 0.3) is 0 Å². The molecule has 5 rings (SSSR count). The first-order chi connectivity index (χ1) is 19.9. The lowest BCUT2D eigenvalue weighted by Gasteiger charge is -2.33. The number of benzene rings is 1. The molecule has 13 heteroatoms. The number of aromatic nitrogens is 4. The molecular formula is C29H40ClN7O4S. The van der Waals surface area contributed by atoms with Crippen molar-refractivity contribution in [2.75, 3.05) is 42.6 Å². The van der Waals surface area contributed by atoms with E-state index in [-0.39, 0.29) is 40.2 Å². The first-order valence-electron chi connectivity index (χ1n) is 14.4. The molecule has 2 aliphatic rings. The number of ether oxygens (including phenoxy) is 1. The Labute approximate surface area is 252 Å². The Morgan fingerprint density at radius 1 is 1.21 bits per heavy atom. The standard InChI is InChI=1S/C29H40ClN7O4S/c1-17(2)16-42(39,40)28-24(15-36(5)35-28)32-27-22(30)14-31-29(34-27)33-23-12-18(3)25(21-13-19(4)41-26(21)23)20-6-8-37(9-7-20)10-11-38/h12,14-15,17,19-20,38H,6-11,13,16H2,1-5H3,(H2,31,32,33,34)/t19-/m1/s1. The highest BCUT2D eigenvalue weighted by Gasteiger charge is 2.32. The van der Waals surface area contributed by atoms with Crippen molar-refractivity contribution in [2.45, 2.75) is 64.0 Å². The number of piperidine rings is 1. The highest BCUT2D eigenvalue weighted by molar-refractivity contribution is 7.91. The summed E-state index contributed by atoms with van der Waals surface area (Å²) in [6.07, 6.45) is 6.05. The largest absolute Gasteiger partial charge is 0.488 e. The van der Waals surface area contributed by atoms with E-state index in [1.54, 1.807) is 13.2 Å². The number of nitrogens with zero attached hydrogens (tertiary/aromatic N) is 5. The lowest BCUT2D eigenvalue weighted by molar-refractivity contribution is 0.164. The second-order valence-electron chi connectivity index (χ2n) is 11.8. The Bertz CT molecular complexity index is 1550. The van der Waals surface area contributed by atoms with Gasteiger partial charge in [0, 0.05) is 31.8 Å². The summed E-state index contributed by atoms with van der Waals surface area (Å²) < 4.78 is 33.8. The van der Waals surface area contributed by atoms with Crippen LogP contribution in [0.25, 0.3) is 0 Å². The zero-order valence-electron chi connectivity index (χ0n) is 24.8. The molecule has 0 spiro atoms. The average Bonchev–Trinajstić information content (AvgIpc) is 3.48. The fourth-order valence-electron chi connectivity index (χ4n) is 6.06. The summed E-state index contributed by atoms with van der Waals surface area (Å²) in [7, 11) is -1.96. The van der Waals surface area contributed by atoms with Crippen molar-refractivity contribution in [1.29, 1.82) is 0 Å². The quantitative estimate of drug-likeness (QED) is 0.297. The van der Waals surface area contributed by atoms with E-state index in [4.69, 9.17) is 16.3 Å². The second kappa shape index (κ2) is 12.4. The minimum absolute atomic E-state index is 0.0241. The second-order valence-corrected chi connectivity index (χ2v) is 14.1. The van der Waals surface area contributed by atoms with E-state index in [9.17, 15) is 13.5 Å². The minimum Gasteiger partial charge on any atom is -0.488 e. The number of rotatable bonds is 10. The van der Waals surface area contributed by atoms with Crippen LogP contribution in [0.15, 0.2) is 23.5 Å². The lowest BCUT2D eigenvalue weighted by Crippen LogP contribution is -2.35. The molecule has 0 bridgehead atoms. The smallest absolute Gasteiger partial charge is 0.229 e. The van der Waals surface area contributed by atoms with E-state index < -0.39 is 9.84 Å². The fraction of sp³-hybridized carbons (Fsp3) is 0.552. The molecule has 2 aromatic heterocycles. The van der Waals surface area contributed by atoms with Gasteiger partial charge in [-0.3, -0.25) is 4.68 Å². The minimum atomic E-state index is -3.62. The molecule has 11 nitrogen and oxygen atoms in total. The van der Waals surface area contributed by atoms with E-state index in [0.29, 0.717) is 17.6 Å². The molecule has 3 aromatic rings. The van der Waals surface area contributed by atoms with E-state index in [2.05, 4.69) is 50.5 Å². The number of hydrogen-bond donors (Lipinski definition) is 3. The van der Waals surface area contributed by atoms with Crippen LogP contribution in [-0.2, 0) is 23.3 Å². The summed E-state index contributed by atoms with van der Waals surface area (Å²) in [6, 6.07) is 2.09. The molecule has 228 valence electrons. The number of anilines is 4. The summed E-state index contributed by atoms with van der Waals surface area (Å²) in [4.78, 5) is 11.3. The Hall–Kier alpha value is -2.93. The number of β-amino-alcohol motifs (C(OH)–C–C–N with tert-alkyl or cyclic N) is 1. The molecule has 3 N–H and O–H groups in total. The number of aliphatic hydroxyl groups excluding tert-OH is 1. The van der Waals surface area contributed by atoms with Crippen molar-refractivity contribution >= 4 is 44.6 Å². The van der Waals surface area contributed by atoms with Crippen molar-refractivity contribution in [3.8, 4) is 5.75 Å². The Morgan fingerprint density at radius 2 is 1.95 bits per heavy atom. The van der Waals surface area contributed by atoms with Gasteiger partial charge in [-0.05, 0) is 68.8 Å². The van der Waals surface area contributed by atoms with Gasteiger partial charge in [-0.1, -0.05) is 25.4 Å². The maximum Gasteiger partial charge on any atom is 0.229 e. The first-order valence-corrected chi connectivity index (χ1v) is 16.5. The Kier molecular flexibility index (Phi) is 8.98. The first kappa shape index (κ1) is 30.5. The number of aliphatic hydroxyl groups is 1. The fourth-order valence-corrected chi connectivity index (χ4v) is 7.93. The van der Waals surface area contributed by atoms with E-state index in [1.807, 2.05) is 13.8 Å². The Morgan fingerprint density at radius 3 is 2.64 bits per heavy atom. The SMILES string of the molecule is Cc1cc(Nc2ncc(Cl)c(Nc3cn(C)nc3S(=O)(=O)CC(C)C)n2)c2c(c1C1CCN(CCO)CC1)C[C@@H](C)O2. The van der Waals surface area contributed by atoms with Gasteiger partial charge >= 0.3 is 0 Å². The van der Waals surface area contributed by atoms with E-state index >= 15 is 0 Å². The molecule has 0 saturated carbocycles. The number of aryl methyl sites for hydroxylation is 2. The van der Waals surface area contributed by atoms with Crippen LogP contribution >= 0.6 is 11.6 Å². The number of nitrogens with one attached hydrogen (secondary N) is 2. The third-order valence-corrected chi connectivity index (χ3v) is 10.0. The average molecular weight is 618 g/mol. The van der Waals surface area contributed by atoms with Crippen LogP contribution in [0.5, 0.6) is 5.75 Å². The third-order valence-electron chi connectivity index (χ3n) is 7.74. The van der Waals surface area contributed by atoms with Crippen LogP contribution < -0.4 is 15.4 Å². The van der Waals surface area contributed by atoms with Gasteiger partial charge in [0.05, 0.1) is 29.9 Å². The number of likely N-dealkylation sites (tertiary alicyclic amines) is 1. The van der Waals surface area contributed by atoms with Crippen molar-refractivity contribution in [2.24, 2.45) is 13.0 Å². The summed E-state index contributed by atoms with van der Waals surface area (Å²) in [6.45, 7) is 10.8. The molecule has 2 aliphatic heterocycles. The van der Waals surface area contributed by atoms with Gasteiger partial charge in [0.1, 0.15) is 16.9 Å². The maximum atomic E-state index is 13.0. The van der Waals surface area contributed by atoms with Gasteiger partial charge in [0.2, 0.25) is 11.0 Å². The van der Waals surface area contributed by atoms with Crippen LogP contribution in [0, 0.1) is 12.8 Å². The normalized spacial score (nSPS) is 17.9. The monoisotopic (exact) mass is 617 g/mol. The molecule has 4 heterocycles. The van der Waals surface area contributed by atoms with Crippen molar-refractivity contribution in [3.63, 3.8) is 0 Å². The Balaban J connectivity index is 1.42.